The Bertz CT molecular complexity index is 1240. The molecule has 2 atom stereocenters. The van der Waals surface area contributed by atoms with Crippen LogP contribution in [0.5, 0.6) is 0 Å². The van der Waals surface area contributed by atoms with Crippen LogP contribution in [-0.4, -0.2) is 11.2 Å². The molecule has 0 heterocycles. The van der Waals surface area contributed by atoms with Crippen molar-refractivity contribution >= 4 is 0 Å². The second kappa shape index (κ2) is 15.9. The summed E-state index contributed by atoms with van der Waals surface area (Å²) in [6.45, 7) is 22.2. The maximum atomic E-state index is 10.1. The molecule has 0 radical (unpaired) electrons. The molecule has 0 aromatic carbocycles. The summed E-state index contributed by atoms with van der Waals surface area (Å²) in [4.78, 5) is 0. The van der Waals surface area contributed by atoms with Crippen LogP contribution in [-0.2, 0) is 0 Å². The average molecular weight is 553 g/mol. The third kappa shape index (κ3) is 11.9. The molecule has 2 rings (SSSR count). The van der Waals surface area contributed by atoms with Crippen LogP contribution in [0, 0.1) is 16.7 Å². The standard InChI is InChI=1S/C40H56O/c1-30(18-13-20-32(3)23-25-37-34(5)22-15-27-39(37,7)8)16-11-12-17-31(2)19-14-21-33(4)24-26-38-35(6)28-36(41)29-40(38,9)10/h11-14,16-21,23-26,28,36,38,41H,15,22,27,29H2,1-10H3. The largest absolute Gasteiger partial charge is 0.389 e. The molecule has 0 saturated heterocycles. The van der Waals surface area contributed by atoms with Crippen molar-refractivity contribution in [2.75, 3.05) is 0 Å². The van der Waals surface area contributed by atoms with Crippen molar-refractivity contribution in [3.8, 4) is 0 Å². The van der Waals surface area contributed by atoms with E-state index in [-0.39, 0.29) is 16.9 Å². The molecule has 2 unspecified atom stereocenters. The molecule has 0 aliphatic heterocycles. The average Bonchev–Trinajstić information content (AvgIpc) is 2.84. The van der Waals surface area contributed by atoms with Crippen LogP contribution in [0.4, 0.5) is 0 Å². The van der Waals surface area contributed by atoms with Crippen molar-refractivity contribution in [1.29, 1.82) is 0 Å². The zero-order valence-corrected chi connectivity index (χ0v) is 27.6. The third-order valence-corrected chi connectivity index (χ3v) is 8.40. The van der Waals surface area contributed by atoms with E-state index in [2.05, 4.69) is 154 Å². The first kappa shape index (κ1) is 34.3. The molecule has 0 bridgehead atoms. The predicted octanol–water partition coefficient (Wildman–Crippen LogP) is 11.4. The van der Waals surface area contributed by atoms with E-state index < -0.39 is 0 Å². The molecule has 0 aromatic heterocycles. The summed E-state index contributed by atoms with van der Waals surface area (Å²) in [5.74, 6) is 0.356. The first-order valence-corrected chi connectivity index (χ1v) is 15.4. The summed E-state index contributed by atoms with van der Waals surface area (Å²) < 4.78 is 0. The first-order chi connectivity index (χ1) is 19.2. The van der Waals surface area contributed by atoms with Gasteiger partial charge in [0.1, 0.15) is 0 Å². The number of allylic oxidation sites excluding steroid dienone is 21. The van der Waals surface area contributed by atoms with E-state index in [1.807, 2.05) is 6.08 Å². The van der Waals surface area contributed by atoms with Gasteiger partial charge in [0.2, 0.25) is 0 Å². The summed E-state index contributed by atoms with van der Waals surface area (Å²) >= 11 is 0. The van der Waals surface area contributed by atoms with Crippen LogP contribution in [0.1, 0.15) is 94.9 Å². The van der Waals surface area contributed by atoms with Gasteiger partial charge in [0, 0.05) is 5.92 Å². The lowest BCUT2D eigenvalue weighted by atomic mass is 9.67. The van der Waals surface area contributed by atoms with Crippen LogP contribution in [0.25, 0.3) is 0 Å². The molecule has 1 nitrogen and oxygen atoms in total. The van der Waals surface area contributed by atoms with Crippen molar-refractivity contribution < 1.29 is 5.11 Å². The van der Waals surface area contributed by atoms with Gasteiger partial charge >= 0.3 is 0 Å². The highest BCUT2D eigenvalue weighted by atomic mass is 16.3. The van der Waals surface area contributed by atoms with Crippen molar-refractivity contribution in [3.63, 3.8) is 0 Å². The highest BCUT2D eigenvalue weighted by Gasteiger charge is 2.34. The molecule has 0 aromatic rings. The van der Waals surface area contributed by atoms with Crippen LogP contribution in [0.15, 0.2) is 130 Å². The van der Waals surface area contributed by atoms with Gasteiger partial charge in [-0.3, -0.25) is 0 Å². The number of hydrogen-bond donors (Lipinski definition) is 1. The van der Waals surface area contributed by atoms with E-state index in [9.17, 15) is 5.11 Å². The van der Waals surface area contributed by atoms with E-state index in [1.165, 1.54) is 52.7 Å². The number of aliphatic hydroxyl groups is 1. The molecule has 0 spiro atoms. The molecule has 2 aliphatic rings. The minimum Gasteiger partial charge on any atom is -0.389 e. The molecular formula is C40H56O. The topological polar surface area (TPSA) is 20.2 Å². The molecule has 222 valence electrons. The zero-order valence-electron chi connectivity index (χ0n) is 27.6. The zero-order chi connectivity index (χ0) is 30.6. The van der Waals surface area contributed by atoms with E-state index in [1.54, 1.807) is 5.57 Å². The Balaban J connectivity index is 1.89. The summed E-state index contributed by atoms with van der Waals surface area (Å²) in [5, 5.41) is 10.1. The van der Waals surface area contributed by atoms with Gasteiger partial charge in [0.15, 0.2) is 0 Å². The van der Waals surface area contributed by atoms with E-state index in [0.717, 1.165) is 6.42 Å². The minimum absolute atomic E-state index is 0.0649. The van der Waals surface area contributed by atoms with Crippen molar-refractivity contribution in [3.05, 3.63) is 130 Å². The molecule has 0 fully saturated rings. The Morgan fingerprint density at radius 2 is 1.27 bits per heavy atom. The summed E-state index contributed by atoms with van der Waals surface area (Å²) in [7, 11) is 0. The SMILES string of the molecule is CC(C=CC=C(C)C=CC1=C(C)CCCC1(C)C)=CC=CC=C(C)C=CC=C(C)C=CC1C(C)=CC(O)CC1(C)C. The fourth-order valence-electron chi connectivity index (χ4n) is 5.97. The Morgan fingerprint density at radius 3 is 1.80 bits per heavy atom. The fourth-order valence-corrected chi connectivity index (χ4v) is 5.97. The van der Waals surface area contributed by atoms with Crippen molar-refractivity contribution in [2.24, 2.45) is 16.7 Å². The Morgan fingerprint density at radius 1 is 0.756 bits per heavy atom. The van der Waals surface area contributed by atoms with Gasteiger partial charge in [0.25, 0.3) is 0 Å². The van der Waals surface area contributed by atoms with Crippen LogP contribution < -0.4 is 0 Å². The highest BCUT2D eigenvalue weighted by Crippen LogP contribution is 2.42. The summed E-state index contributed by atoms with van der Waals surface area (Å²) in [5.41, 5.74) is 9.56. The smallest absolute Gasteiger partial charge is 0.0729 e. The van der Waals surface area contributed by atoms with Crippen molar-refractivity contribution in [2.45, 2.75) is 101 Å². The molecule has 2 aliphatic carbocycles. The number of rotatable bonds is 10. The highest BCUT2D eigenvalue weighted by molar-refractivity contribution is 5.37. The minimum atomic E-state index is -0.325. The van der Waals surface area contributed by atoms with Crippen LogP contribution in [0.3, 0.4) is 0 Å². The van der Waals surface area contributed by atoms with E-state index in [0.29, 0.717) is 5.92 Å². The summed E-state index contributed by atoms with van der Waals surface area (Å²) in [6.07, 6.45) is 36.7. The molecule has 0 saturated carbocycles. The Kier molecular flexibility index (Phi) is 13.3. The lowest BCUT2D eigenvalue weighted by Gasteiger charge is -2.38. The normalized spacial score (nSPS) is 25.1. The molecule has 41 heavy (non-hydrogen) atoms. The maximum absolute atomic E-state index is 10.1. The quantitative estimate of drug-likeness (QED) is 0.211. The van der Waals surface area contributed by atoms with Gasteiger partial charge in [0.05, 0.1) is 6.10 Å². The van der Waals surface area contributed by atoms with Gasteiger partial charge in [-0.15, -0.1) is 0 Å². The Labute approximate surface area is 252 Å². The van der Waals surface area contributed by atoms with Crippen molar-refractivity contribution in [1.82, 2.24) is 0 Å². The maximum Gasteiger partial charge on any atom is 0.0729 e. The Hall–Kier alpha value is -2.90. The summed E-state index contributed by atoms with van der Waals surface area (Å²) in [6, 6.07) is 0. The molecule has 1 N–H and O–H groups in total. The second-order valence-electron chi connectivity index (χ2n) is 13.5. The van der Waals surface area contributed by atoms with Gasteiger partial charge < -0.3 is 5.11 Å². The lowest BCUT2D eigenvalue weighted by molar-refractivity contribution is 0.117. The van der Waals surface area contributed by atoms with Gasteiger partial charge in [-0.2, -0.15) is 0 Å². The first-order valence-electron chi connectivity index (χ1n) is 15.4. The van der Waals surface area contributed by atoms with Gasteiger partial charge in [-0.1, -0.05) is 152 Å². The molecule has 1 heteroatoms. The van der Waals surface area contributed by atoms with Gasteiger partial charge in [-0.25, -0.2) is 0 Å². The van der Waals surface area contributed by atoms with Gasteiger partial charge in [-0.05, 0) is 83.6 Å². The number of aliphatic hydroxyl groups excluding tert-OH is 1. The van der Waals surface area contributed by atoms with Crippen LogP contribution in [0.2, 0.25) is 0 Å². The van der Waals surface area contributed by atoms with E-state index in [4.69, 9.17) is 0 Å². The third-order valence-electron chi connectivity index (χ3n) is 8.40. The fraction of sp³-hybridized carbons (Fsp3) is 0.450. The van der Waals surface area contributed by atoms with Crippen LogP contribution >= 0.6 is 0 Å². The number of hydrogen-bond acceptors (Lipinski definition) is 1. The lowest BCUT2D eigenvalue weighted by Crippen LogP contribution is -2.32. The molecular weight excluding hydrogens is 496 g/mol. The van der Waals surface area contributed by atoms with E-state index >= 15 is 0 Å². The second-order valence-corrected chi connectivity index (χ2v) is 13.5. The molecule has 0 amide bonds. The predicted molar refractivity (Wildman–Crippen MR) is 183 cm³/mol. The monoisotopic (exact) mass is 552 g/mol.